The summed E-state index contributed by atoms with van der Waals surface area (Å²) < 4.78 is 6.19. The molecule has 24 heavy (non-hydrogen) atoms. The van der Waals surface area contributed by atoms with Gasteiger partial charge < -0.3 is 24.5 Å². The molecular formula is C19H22NO4+. The molecule has 0 amide bonds. The molecule has 5 heteroatoms. The van der Waals surface area contributed by atoms with Gasteiger partial charge in [-0.05, 0) is 34.9 Å². The Labute approximate surface area is 140 Å². The molecule has 3 N–H and O–H groups in total. The number of benzene rings is 2. The summed E-state index contributed by atoms with van der Waals surface area (Å²) in [7, 11) is 5.94. The summed E-state index contributed by atoms with van der Waals surface area (Å²) >= 11 is 0. The molecule has 2 aromatic rings. The van der Waals surface area contributed by atoms with E-state index in [0.29, 0.717) is 5.75 Å². The van der Waals surface area contributed by atoms with Crippen molar-refractivity contribution in [3.63, 3.8) is 0 Å². The Kier molecular flexibility index (Phi) is 3.03. The Morgan fingerprint density at radius 2 is 1.75 bits per heavy atom. The summed E-state index contributed by atoms with van der Waals surface area (Å²) in [5, 5.41) is 30.7. The molecule has 2 aliphatic rings. The Balaban J connectivity index is 2.10. The van der Waals surface area contributed by atoms with E-state index in [1.54, 1.807) is 19.2 Å². The number of methoxy groups -OCH3 is 1. The van der Waals surface area contributed by atoms with Gasteiger partial charge in [0.1, 0.15) is 6.04 Å². The lowest BCUT2D eigenvalue weighted by Gasteiger charge is -2.46. The summed E-state index contributed by atoms with van der Waals surface area (Å²) in [5.74, 6) is 0.262. The number of nitrogens with zero attached hydrogens (tertiary/aromatic N) is 1. The first-order valence-corrected chi connectivity index (χ1v) is 8.14. The van der Waals surface area contributed by atoms with Crippen molar-refractivity contribution in [3.05, 3.63) is 34.9 Å². The summed E-state index contributed by atoms with van der Waals surface area (Å²) in [5.41, 5.74) is 4.78. The second kappa shape index (κ2) is 4.80. The molecule has 5 nitrogen and oxygen atoms in total. The average molecular weight is 328 g/mol. The van der Waals surface area contributed by atoms with Gasteiger partial charge in [-0.15, -0.1) is 0 Å². The third-order valence-electron chi connectivity index (χ3n) is 5.63. The van der Waals surface area contributed by atoms with E-state index in [0.717, 1.165) is 46.1 Å². The fourth-order valence-electron chi connectivity index (χ4n) is 4.22. The minimum Gasteiger partial charge on any atom is -0.504 e. The monoisotopic (exact) mass is 328 g/mol. The first-order valence-electron chi connectivity index (χ1n) is 8.14. The fraction of sp³-hybridized carbons (Fsp3) is 0.368. The SMILES string of the molecule is COc1cc2c3c(c1O)-c1cc(O)c(O)cc1CC3[N+](C)(C)CC2. The van der Waals surface area contributed by atoms with Crippen molar-refractivity contribution < 1.29 is 24.5 Å². The fourth-order valence-corrected chi connectivity index (χ4v) is 4.22. The van der Waals surface area contributed by atoms with E-state index in [4.69, 9.17) is 4.74 Å². The number of rotatable bonds is 1. The van der Waals surface area contributed by atoms with Gasteiger partial charge in [-0.3, -0.25) is 0 Å². The number of ether oxygens (including phenoxy) is 1. The normalized spacial score (nSPS) is 20.2. The van der Waals surface area contributed by atoms with Crippen molar-refractivity contribution in [2.75, 3.05) is 27.7 Å². The van der Waals surface area contributed by atoms with E-state index in [-0.39, 0.29) is 23.3 Å². The van der Waals surface area contributed by atoms with Gasteiger partial charge in [-0.25, -0.2) is 0 Å². The first-order chi connectivity index (χ1) is 11.3. The molecule has 0 aromatic heterocycles. The van der Waals surface area contributed by atoms with E-state index in [9.17, 15) is 15.3 Å². The molecular weight excluding hydrogens is 306 g/mol. The molecule has 4 rings (SSSR count). The van der Waals surface area contributed by atoms with Crippen LogP contribution in [0.25, 0.3) is 11.1 Å². The van der Waals surface area contributed by atoms with Gasteiger partial charge in [0, 0.05) is 24.0 Å². The molecule has 0 radical (unpaired) electrons. The molecule has 0 fully saturated rings. The zero-order chi connectivity index (χ0) is 17.2. The van der Waals surface area contributed by atoms with Crippen LogP contribution in [0.4, 0.5) is 0 Å². The van der Waals surface area contributed by atoms with Gasteiger partial charge in [0.2, 0.25) is 0 Å². The minimum atomic E-state index is -0.173. The molecule has 1 atom stereocenters. The Morgan fingerprint density at radius 1 is 1.04 bits per heavy atom. The van der Waals surface area contributed by atoms with Crippen LogP contribution in [0, 0.1) is 0 Å². The van der Waals surface area contributed by atoms with Crippen LogP contribution in [0.2, 0.25) is 0 Å². The number of hydrogen-bond donors (Lipinski definition) is 3. The molecule has 1 unspecified atom stereocenters. The average Bonchev–Trinajstić information content (AvgIpc) is 2.53. The zero-order valence-electron chi connectivity index (χ0n) is 14.1. The van der Waals surface area contributed by atoms with Gasteiger partial charge in [0.15, 0.2) is 23.0 Å². The van der Waals surface area contributed by atoms with E-state index in [2.05, 4.69) is 14.1 Å². The molecule has 0 saturated carbocycles. The third kappa shape index (κ3) is 1.91. The predicted octanol–water partition coefficient (Wildman–Crippen LogP) is 2.71. The number of aromatic hydroxyl groups is 3. The lowest BCUT2D eigenvalue weighted by molar-refractivity contribution is -0.923. The molecule has 1 aliphatic carbocycles. The maximum absolute atomic E-state index is 10.8. The van der Waals surface area contributed by atoms with E-state index in [1.807, 2.05) is 6.07 Å². The van der Waals surface area contributed by atoms with Crippen LogP contribution in [0.15, 0.2) is 18.2 Å². The molecule has 1 heterocycles. The lowest BCUT2D eigenvalue weighted by Crippen LogP contribution is -2.49. The van der Waals surface area contributed by atoms with Crippen molar-refractivity contribution in [2.45, 2.75) is 18.9 Å². The smallest absolute Gasteiger partial charge is 0.166 e. The van der Waals surface area contributed by atoms with Crippen LogP contribution < -0.4 is 4.74 Å². The van der Waals surface area contributed by atoms with Crippen LogP contribution in [0.5, 0.6) is 23.0 Å². The third-order valence-corrected chi connectivity index (χ3v) is 5.63. The number of likely N-dealkylation sites (N-methyl/N-ethyl adjacent to an activating group) is 1. The summed E-state index contributed by atoms with van der Waals surface area (Å²) in [6, 6.07) is 5.30. The van der Waals surface area contributed by atoms with Gasteiger partial charge in [0.05, 0.1) is 27.7 Å². The van der Waals surface area contributed by atoms with Crippen LogP contribution in [0.1, 0.15) is 22.7 Å². The van der Waals surface area contributed by atoms with Gasteiger partial charge in [-0.2, -0.15) is 0 Å². The molecule has 2 aromatic carbocycles. The Bertz CT molecular complexity index is 857. The maximum atomic E-state index is 10.8. The highest BCUT2D eigenvalue weighted by Gasteiger charge is 2.43. The summed E-state index contributed by atoms with van der Waals surface area (Å²) in [4.78, 5) is 0. The van der Waals surface area contributed by atoms with Crippen molar-refractivity contribution in [3.8, 4) is 34.1 Å². The molecule has 0 saturated heterocycles. The topological polar surface area (TPSA) is 69.9 Å². The first kappa shape index (κ1) is 15.1. The van der Waals surface area contributed by atoms with Crippen molar-refractivity contribution in [1.29, 1.82) is 0 Å². The number of phenols is 3. The van der Waals surface area contributed by atoms with Crippen LogP contribution in [0.3, 0.4) is 0 Å². The molecule has 0 spiro atoms. The predicted molar refractivity (Wildman–Crippen MR) is 90.5 cm³/mol. The quantitative estimate of drug-likeness (QED) is 0.556. The van der Waals surface area contributed by atoms with E-state index in [1.165, 1.54) is 5.56 Å². The van der Waals surface area contributed by atoms with Gasteiger partial charge in [-0.1, -0.05) is 0 Å². The van der Waals surface area contributed by atoms with Gasteiger partial charge in [0.25, 0.3) is 0 Å². The van der Waals surface area contributed by atoms with Crippen molar-refractivity contribution in [1.82, 2.24) is 0 Å². The lowest BCUT2D eigenvalue weighted by atomic mass is 9.75. The van der Waals surface area contributed by atoms with Crippen LogP contribution >= 0.6 is 0 Å². The van der Waals surface area contributed by atoms with Crippen LogP contribution in [-0.2, 0) is 12.8 Å². The van der Waals surface area contributed by atoms with Crippen molar-refractivity contribution in [2.24, 2.45) is 0 Å². The number of phenolic OH excluding ortho intramolecular Hbond substituents is 3. The Morgan fingerprint density at radius 3 is 2.46 bits per heavy atom. The number of quaternary nitrogens is 1. The second-order valence-corrected chi connectivity index (χ2v) is 7.35. The summed E-state index contributed by atoms with van der Waals surface area (Å²) in [6.07, 6.45) is 1.68. The van der Waals surface area contributed by atoms with Crippen molar-refractivity contribution >= 4 is 0 Å². The molecule has 126 valence electrons. The minimum absolute atomic E-state index is 0.106. The standard InChI is InChI=1S/C19H21NO4/c1-20(2)5-4-10-8-16(24-3)19(23)18-12-9-15(22)14(21)7-11(12)6-13(20)17(10)18/h7-9,13H,4-6H2,1-3H3,(H2-,21,22,23)/p+1. The van der Waals surface area contributed by atoms with E-state index < -0.39 is 0 Å². The van der Waals surface area contributed by atoms with Gasteiger partial charge >= 0.3 is 0 Å². The van der Waals surface area contributed by atoms with E-state index >= 15 is 0 Å². The number of fused-ring (bicyclic) bond motifs is 2. The highest BCUT2D eigenvalue weighted by molar-refractivity contribution is 5.84. The largest absolute Gasteiger partial charge is 0.504 e. The zero-order valence-corrected chi connectivity index (χ0v) is 14.1. The molecule has 1 aliphatic heterocycles. The second-order valence-electron chi connectivity index (χ2n) is 7.35. The van der Waals surface area contributed by atoms with Crippen LogP contribution in [-0.4, -0.2) is 47.6 Å². The number of hydrogen-bond acceptors (Lipinski definition) is 4. The Hall–Kier alpha value is -2.40. The molecule has 0 bridgehead atoms. The summed E-state index contributed by atoms with van der Waals surface area (Å²) in [6.45, 7) is 1.00. The highest BCUT2D eigenvalue weighted by Crippen LogP contribution is 2.54. The highest BCUT2D eigenvalue weighted by atomic mass is 16.5. The maximum Gasteiger partial charge on any atom is 0.166 e.